The third-order valence-electron chi connectivity index (χ3n) is 18.2. The molecule has 40 nitrogen and oxygen atoms in total. The van der Waals surface area contributed by atoms with E-state index in [1.807, 2.05) is 13.8 Å². The Morgan fingerprint density at radius 2 is 0.824 bits per heavy atom. The van der Waals surface area contributed by atoms with Gasteiger partial charge in [0, 0.05) is 25.9 Å². The summed E-state index contributed by atoms with van der Waals surface area (Å²) in [5, 5.41) is 58.3. The minimum absolute atomic E-state index is 0.0389. The molecule has 0 saturated carbocycles. The summed E-state index contributed by atoms with van der Waals surface area (Å²) in [6.07, 6.45) is 0.155. The topological polar surface area (TPSA) is 699 Å². The van der Waals surface area contributed by atoms with Gasteiger partial charge in [0.05, 0.1) is 18.7 Å². The molecule has 32 N–H and O–H groups in total. The van der Waals surface area contributed by atoms with Crippen molar-refractivity contribution in [3.05, 3.63) is 0 Å². The first-order chi connectivity index (χ1) is 51.1. The van der Waals surface area contributed by atoms with Crippen LogP contribution in [0.15, 0.2) is 4.99 Å². The molecular formula is C68H126N22O18. The molecule has 1 heterocycles. The zero-order valence-corrected chi connectivity index (χ0v) is 63.3. The molecule has 0 aromatic heterocycles. The molecule has 1 fully saturated rings. The fraction of sp³-hybridized carbons (Fsp3) is 0.765. The number of aliphatic hydroxyl groups is 1. The average molecular weight is 1540 g/mol. The van der Waals surface area contributed by atoms with Crippen molar-refractivity contribution in [3.63, 3.8) is 0 Å². The van der Waals surface area contributed by atoms with E-state index in [4.69, 9.17) is 51.6 Å². The van der Waals surface area contributed by atoms with E-state index >= 15 is 0 Å². The number of unbranched alkanes of at least 4 members (excludes halogenated alkanes) is 5. The second-order valence-electron chi connectivity index (χ2n) is 27.5. The van der Waals surface area contributed by atoms with E-state index < -0.39 is 200 Å². The molecule has 1 rings (SSSR count). The number of hydrogen-bond donors (Lipinski definition) is 23. The van der Waals surface area contributed by atoms with Crippen molar-refractivity contribution >= 4 is 94.7 Å². The Hall–Kier alpha value is -8.96. The summed E-state index contributed by atoms with van der Waals surface area (Å²) in [7, 11) is 0. The second-order valence-corrected chi connectivity index (χ2v) is 27.5. The number of rotatable bonds is 58. The number of carbonyl (C=O) groups is 15. The van der Waals surface area contributed by atoms with Crippen LogP contribution in [-0.4, -0.2) is 246 Å². The van der Waals surface area contributed by atoms with Crippen LogP contribution >= 0.6 is 0 Å². The lowest BCUT2D eigenvalue weighted by molar-refractivity contribution is -0.142. The van der Waals surface area contributed by atoms with Crippen molar-refractivity contribution < 1.29 is 87.2 Å². The number of nitrogens with zero attached hydrogens (tertiary/aromatic N) is 2. The lowest BCUT2D eigenvalue weighted by atomic mass is 9.98. The molecule has 616 valence electrons. The van der Waals surface area contributed by atoms with Crippen LogP contribution in [0.1, 0.15) is 189 Å². The van der Waals surface area contributed by atoms with Gasteiger partial charge < -0.3 is 130 Å². The summed E-state index contributed by atoms with van der Waals surface area (Å²) in [6.45, 7) is 8.68. The highest BCUT2D eigenvalue weighted by Gasteiger charge is 2.41. The van der Waals surface area contributed by atoms with Crippen LogP contribution in [0, 0.1) is 11.8 Å². The SMILES string of the molecule is CC[C@H](C)[C@H](N)C(=O)N1CCC[C@H]1C(=O)N[C@H](C(=O)N[C@@H](CCCN=C(N)N)C(=O)NCC(=O)N[C@@H](CCCCN)C(=O)N[C@@H](CCCCN)C(=O)N[C@H](C(=O)N[C@@H](CCCCN)C(=O)N[C@@H](CCCCN)C(=O)N[C@@H](CCC(=O)O)C(=O)N[C@@H](CCC(N)=O)C(=O)N[C@@H](CCCCN)C(=O)O)[C@@H](C)O)C(C)C. The Labute approximate surface area is 631 Å². The maximum atomic E-state index is 14.5. The summed E-state index contributed by atoms with van der Waals surface area (Å²) < 4.78 is 0. The van der Waals surface area contributed by atoms with Gasteiger partial charge in [-0.1, -0.05) is 34.1 Å². The number of guanidine groups is 1. The van der Waals surface area contributed by atoms with Crippen molar-refractivity contribution in [2.75, 3.05) is 52.4 Å². The van der Waals surface area contributed by atoms with Crippen molar-refractivity contribution in [2.45, 2.75) is 267 Å². The molecule has 0 aromatic rings. The van der Waals surface area contributed by atoms with E-state index in [0.29, 0.717) is 64.3 Å². The number of primary amides is 1. The number of likely N-dealkylation sites (tertiary alicyclic amines) is 1. The molecule has 108 heavy (non-hydrogen) atoms. The monoisotopic (exact) mass is 1540 g/mol. The standard InChI is InChI=1S/C68H126N22O18/c1-6-39(4)53(75)66(106)90-36-18-25-49(90)63(103)88-54(38(2)3)64(104)85-41(24-17-35-78-68(76)77)56(96)79-37-51(93)80-42(19-7-12-30-69)57(97)82-45(22-10-15-33-72)62(102)89-55(40(5)91)65(105)86-44(21-9-14-32-71)59(99)81-43(20-8-13-31-70)58(98)84-47(27-29-52(94)95)60(100)83-46(26-28-50(74)92)61(101)87-48(67(107)108)23-11-16-34-73/h38-49,53-55,91H,6-37,69-73,75H2,1-5H3,(H2,74,92)(H,79,96)(H,80,93)(H,81,99)(H,82,97)(H,83,100)(H,84,98)(H,85,104)(H,86,105)(H,87,101)(H,88,103)(H,89,102)(H,94,95)(H,107,108)(H4,76,77,78)/t39-,40+,41-,42-,43-,44-,45-,46-,47-,48-,49-,53-,54-,55-/m0/s1. The number of nitrogens with two attached hydrogens (primary N) is 9. The lowest BCUT2D eigenvalue weighted by Crippen LogP contribution is -2.62. The maximum Gasteiger partial charge on any atom is 0.326 e. The van der Waals surface area contributed by atoms with Crippen molar-refractivity contribution in [2.24, 2.45) is 68.4 Å². The van der Waals surface area contributed by atoms with Crippen LogP contribution in [0.2, 0.25) is 0 Å². The molecule has 1 aliphatic rings. The van der Waals surface area contributed by atoms with Crippen LogP contribution in [0.5, 0.6) is 0 Å². The first-order valence-corrected chi connectivity index (χ1v) is 37.5. The van der Waals surface area contributed by atoms with E-state index in [1.54, 1.807) is 13.8 Å². The third-order valence-corrected chi connectivity index (χ3v) is 18.2. The molecular weight excluding hydrogens is 1410 g/mol. The third kappa shape index (κ3) is 37.7. The first-order valence-electron chi connectivity index (χ1n) is 37.5. The lowest BCUT2D eigenvalue weighted by Gasteiger charge is -2.31. The summed E-state index contributed by atoms with van der Waals surface area (Å²) in [5.41, 5.74) is 51.3. The molecule has 0 spiro atoms. The van der Waals surface area contributed by atoms with Gasteiger partial charge in [-0.2, -0.15) is 0 Å². The summed E-state index contributed by atoms with van der Waals surface area (Å²) in [6, 6.07) is -16.8. The van der Waals surface area contributed by atoms with Crippen molar-refractivity contribution in [3.8, 4) is 0 Å². The Kier molecular flexibility index (Phi) is 48.3. The molecule has 0 radical (unpaired) electrons. The van der Waals surface area contributed by atoms with Gasteiger partial charge in [0.25, 0.3) is 0 Å². The van der Waals surface area contributed by atoms with E-state index in [1.165, 1.54) is 4.90 Å². The molecule has 1 aliphatic heterocycles. The van der Waals surface area contributed by atoms with Crippen molar-refractivity contribution in [1.29, 1.82) is 0 Å². The predicted molar refractivity (Wildman–Crippen MR) is 398 cm³/mol. The Bertz CT molecular complexity index is 2930. The molecule has 14 atom stereocenters. The molecule has 0 bridgehead atoms. The zero-order chi connectivity index (χ0) is 81.6. The first kappa shape index (κ1) is 97.1. The number of carboxylic acid groups (broad SMARTS) is 2. The van der Waals surface area contributed by atoms with Gasteiger partial charge in [-0.25, -0.2) is 4.79 Å². The maximum absolute atomic E-state index is 14.5. The molecule has 13 amide bonds. The van der Waals surface area contributed by atoms with Crippen LogP contribution in [-0.2, 0) is 71.9 Å². The number of hydrogen-bond acceptors (Lipinski definition) is 23. The summed E-state index contributed by atoms with van der Waals surface area (Å²) >= 11 is 0. The predicted octanol–water partition coefficient (Wildman–Crippen LogP) is -6.73. The molecule has 0 unspecified atom stereocenters. The number of carbonyl (C=O) groups excluding carboxylic acids is 13. The second kappa shape index (κ2) is 53.8. The number of aliphatic hydroxyl groups excluding tert-OH is 1. The highest BCUT2D eigenvalue weighted by molar-refractivity contribution is 6.00. The van der Waals surface area contributed by atoms with Gasteiger partial charge in [-0.05, 0) is 186 Å². The normalized spacial score (nSPS) is 16.2. The van der Waals surface area contributed by atoms with E-state index in [9.17, 15) is 87.2 Å². The number of nitrogens with one attached hydrogen (secondary N) is 11. The quantitative estimate of drug-likeness (QED) is 0.0153. The van der Waals surface area contributed by atoms with Gasteiger partial charge in [0.15, 0.2) is 5.96 Å². The Morgan fingerprint density at radius 3 is 1.21 bits per heavy atom. The number of aliphatic carboxylic acids is 2. The van der Waals surface area contributed by atoms with Crippen LogP contribution in [0.25, 0.3) is 0 Å². The fourth-order valence-corrected chi connectivity index (χ4v) is 11.5. The highest BCUT2D eigenvalue weighted by atomic mass is 16.4. The van der Waals surface area contributed by atoms with E-state index in [0.717, 1.165) is 6.92 Å². The highest BCUT2D eigenvalue weighted by Crippen LogP contribution is 2.22. The average Bonchev–Trinajstić information content (AvgIpc) is 1.64. The Morgan fingerprint density at radius 1 is 0.454 bits per heavy atom. The van der Waals surface area contributed by atoms with E-state index in [2.05, 4.69) is 63.5 Å². The molecule has 1 saturated heterocycles. The minimum Gasteiger partial charge on any atom is -0.481 e. The summed E-state index contributed by atoms with van der Waals surface area (Å²) in [5.74, 6) is -15.3. The largest absolute Gasteiger partial charge is 0.481 e. The van der Waals surface area contributed by atoms with Crippen molar-refractivity contribution in [1.82, 2.24) is 63.4 Å². The minimum atomic E-state index is -1.84. The Balaban J connectivity index is 3.59. The number of amides is 13. The molecule has 40 heteroatoms. The smallest absolute Gasteiger partial charge is 0.326 e. The van der Waals surface area contributed by atoms with Gasteiger partial charge in [0.1, 0.15) is 66.5 Å². The van der Waals surface area contributed by atoms with Crippen LogP contribution in [0.3, 0.4) is 0 Å². The molecule has 0 aliphatic carbocycles. The summed E-state index contributed by atoms with van der Waals surface area (Å²) in [4.78, 5) is 210. The van der Waals surface area contributed by atoms with Gasteiger partial charge in [0.2, 0.25) is 76.8 Å². The number of carboxylic acids is 2. The van der Waals surface area contributed by atoms with Gasteiger partial charge >= 0.3 is 11.9 Å². The van der Waals surface area contributed by atoms with E-state index in [-0.39, 0.29) is 128 Å². The zero-order valence-electron chi connectivity index (χ0n) is 63.3. The number of aliphatic imine (C=N–C) groups is 1. The van der Waals surface area contributed by atoms with Crippen LogP contribution in [0.4, 0.5) is 0 Å². The van der Waals surface area contributed by atoms with Gasteiger partial charge in [-0.3, -0.25) is 72.1 Å². The van der Waals surface area contributed by atoms with Crippen LogP contribution < -0.4 is 110 Å². The fourth-order valence-electron chi connectivity index (χ4n) is 11.5. The molecule has 0 aromatic carbocycles. The van der Waals surface area contributed by atoms with Gasteiger partial charge in [-0.15, -0.1) is 0 Å².